The van der Waals surface area contributed by atoms with Gasteiger partial charge in [-0.1, -0.05) is 11.6 Å². The largest absolute Gasteiger partial charge is 0.490 e. The Hall–Kier alpha value is -1.72. The molecule has 1 N–H and O–H groups in total. The van der Waals surface area contributed by atoms with E-state index in [2.05, 4.69) is 20.3 Å². The van der Waals surface area contributed by atoms with E-state index in [1.807, 2.05) is 6.07 Å². The molecular weight excluding hydrogens is 276 g/mol. The zero-order valence-electron chi connectivity index (χ0n) is 10.9. The van der Waals surface area contributed by atoms with Gasteiger partial charge >= 0.3 is 0 Å². The summed E-state index contributed by atoms with van der Waals surface area (Å²) < 4.78 is 5.78. The molecule has 5 nitrogen and oxygen atoms in total. The number of hydrogen-bond acceptors (Lipinski definition) is 5. The smallest absolute Gasteiger partial charge is 0.138 e. The minimum absolute atomic E-state index is 0.422. The highest BCUT2D eigenvalue weighted by Gasteiger charge is 2.15. The average molecular weight is 291 g/mol. The molecule has 6 heteroatoms. The lowest BCUT2D eigenvalue weighted by Gasteiger charge is -2.13. The molecule has 0 unspecified atom stereocenters. The van der Waals surface area contributed by atoms with Gasteiger partial charge in [0.2, 0.25) is 0 Å². The van der Waals surface area contributed by atoms with Crippen LogP contribution in [0.4, 0.5) is 0 Å². The fraction of sp³-hybridized carbons (Fsp3) is 0.357. The fourth-order valence-electron chi connectivity index (χ4n) is 2.24. The molecule has 0 amide bonds. The molecule has 2 aromatic rings. The lowest BCUT2D eigenvalue weighted by molar-refractivity contribution is 0.276. The lowest BCUT2D eigenvalue weighted by atomic mass is 10.1. The Labute approximate surface area is 122 Å². The molecule has 0 radical (unpaired) electrons. The Morgan fingerprint density at radius 2 is 2.15 bits per heavy atom. The third-order valence-corrected chi connectivity index (χ3v) is 3.60. The lowest BCUT2D eigenvalue weighted by Crippen LogP contribution is -2.28. The number of rotatable bonds is 4. The van der Waals surface area contributed by atoms with E-state index < -0.39 is 0 Å². The Kier molecular flexibility index (Phi) is 4.08. The average Bonchev–Trinajstić information content (AvgIpc) is 3.01. The highest BCUT2D eigenvalue weighted by atomic mass is 35.5. The van der Waals surface area contributed by atoms with Crippen LogP contribution in [0.2, 0.25) is 5.15 Å². The topological polar surface area (TPSA) is 59.9 Å². The quantitative estimate of drug-likeness (QED) is 0.876. The second-order valence-corrected chi connectivity index (χ2v) is 5.10. The van der Waals surface area contributed by atoms with Gasteiger partial charge in [0.25, 0.3) is 0 Å². The maximum Gasteiger partial charge on any atom is 0.138 e. The normalized spacial score (nSPS) is 18.1. The fourth-order valence-corrected chi connectivity index (χ4v) is 2.46. The molecule has 104 valence electrons. The van der Waals surface area contributed by atoms with Crippen molar-refractivity contribution in [2.75, 3.05) is 13.2 Å². The SMILES string of the molecule is Clc1ncc(OC[C@@H]2CCCN2)cc1-c1cncnc1. The molecule has 1 fully saturated rings. The van der Waals surface area contributed by atoms with E-state index in [0.29, 0.717) is 23.6 Å². The maximum atomic E-state index is 6.12. The highest BCUT2D eigenvalue weighted by Crippen LogP contribution is 2.28. The van der Waals surface area contributed by atoms with Gasteiger partial charge in [-0.25, -0.2) is 15.0 Å². The van der Waals surface area contributed by atoms with Crippen LogP contribution in [0.1, 0.15) is 12.8 Å². The van der Waals surface area contributed by atoms with Crippen molar-refractivity contribution in [3.63, 3.8) is 0 Å². The Bertz CT molecular complexity index is 573. The van der Waals surface area contributed by atoms with Crippen LogP contribution in [0.5, 0.6) is 5.75 Å². The van der Waals surface area contributed by atoms with Crippen molar-refractivity contribution in [2.24, 2.45) is 0 Å². The minimum Gasteiger partial charge on any atom is -0.490 e. The van der Waals surface area contributed by atoms with Crippen LogP contribution in [0.3, 0.4) is 0 Å². The monoisotopic (exact) mass is 290 g/mol. The summed E-state index contributed by atoms with van der Waals surface area (Å²) >= 11 is 6.12. The van der Waals surface area contributed by atoms with Crippen LogP contribution in [0.25, 0.3) is 11.1 Å². The molecular formula is C14H15ClN4O. The van der Waals surface area contributed by atoms with Gasteiger partial charge in [-0.3, -0.25) is 0 Å². The van der Waals surface area contributed by atoms with Crippen molar-refractivity contribution in [3.05, 3.63) is 36.1 Å². The summed E-state index contributed by atoms with van der Waals surface area (Å²) in [6.45, 7) is 1.72. The van der Waals surface area contributed by atoms with Gasteiger partial charge in [0.1, 0.15) is 23.8 Å². The second kappa shape index (κ2) is 6.15. The van der Waals surface area contributed by atoms with E-state index in [-0.39, 0.29) is 0 Å². The third-order valence-electron chi connectivity index (χ3n) is 3.30. The van der Waals surface area contributed by atoms with Crippen LogP contribution in [0, 0.1) is 0 Å². The summed E-state index contributed by atoms with van der Waals surface area (Å²) in [5.41, 5.74) is 1.61. The summed E-state index contributed by atoms with van der Waals surface area (Å²) in [6.07, 6.45) is 8.90. The molecule has 1 aliphatic heterocycles. The van der Waals surface area contributed by atoms with E-state index in [1.165, 1.54) is 12.7 Å². The maximum absolute atomic E-state index is 6.12. The van der Waals surface area contributed by atoms with Crippen molar-refractivity contribution in [2.45, 2.75) is 18.9 Å². The molecule has 1 saturated heterocycles. The Morgan fingerprint density at radius 1 is 1.30 bits per heavy atom. The summed E-state index contributed by atoms with van der Waals surface area (Å²) in [7, 11) is 0. The molecule has 0 aromatic carbocycles. The second-order valence-electron chi connectivity index (χ2n) is 4.74. The standard InChI is InChI=1S/C14H15ClN4O/c15-14-13(10-5-16-9-17-6-10)4-12(7-19-14)20-8-11-2-1-3-18-11/h4-7,9,11,18H,1-3,8H2/t11-/m0/s1. The van der Waals surface area contributed by atoms with E-state index in [9.17, 15) is 0 Å². The van der Waals surface area contributed by atoms with Crippen molar-refractivity contribution in [1.29, 1.82) is 0 Å². The first kappa shape index (κ1) is 13.3. The molecule has 1 aliphatic rings. The molecule has 3 heterocycles. The molecule has 0 aliphatic carbocycles. The number of nitrogens with zero attached hydrogens (tertiary/aromatic N) is 3. The molecule has 20 heavy (non-hydrogen) atoms. The number of halogens is 1. The van der Waals surface area contributed by atoms with Crippen LogP contribution in [-0.4, -0.2) is 34.1 Å². The summed E-state index contributed by atoms with van der Waals surface area (Å²) in [5.74, 6) is 0.710. The predicted molar refractivity (Wildman–Crippen MR) is 76.8 cm³/mol. The van der Waals surface area contributed by atoms with Crippen molar-refractivity contribution in [3.8, 4) is 16.9 Å². The number of ether oxygens (including phenoxy) is 1. The molecule has 2 aromatic heterocycles. The highest BCUT2D eigenvalue weighted by molar-refractivity contribution is 6.32. The van der Waals surface area contributed by atoms with Gasteiger partial charge in [-0.2, -0.15) is 0 Å². The number of pyridine rings is 1. The summed E-state index contributed by atoms with van der Waals surface area (Å²) in [4.78, 5) is 12.2. The van der Waals surface area contributed by atoms with Gasteiger partial charge in [0.05, 0.1) is 6.20 Å². The summed E-state index contributed by atoms with van der Waals surface area (Å²) in [6, 6.07) is 2.30. The van der Waals surface area contributed by atoms with E-state index in [1.54, 1.807) is 18.6 Å². The van der Waals surface area contributed by atoms with Crippen LogP contribution < -0.4 is 10.1 Å². The molecule has 0 bridgehead atoms. The van der Waals surface area contributed by atoms with Crippen molar-refractivity contribution < 1.29 is 4.74 Å². The van der Waals surface area contributed by atoms with Crippen molar-refractivity contribution >= 4 is 11.6 Å². The first-order chi connectivity index (χ1) is 9.83. The van der Waals surface area contributed by atoms with Gasteiger partial charge in [-0.05, 0) is 25.5 Å². The molecule has 0 spiro atoms. The first-order valence-electron chi connectivity index (χ1n) is 6.60. The Balaban J connectivity index is 1.76. The molecule has 1 atom stereocenters. The van der Waals surface area contributed by atoms with Crippen molar-refractivity contribution in [1.82, 2.24) is 20.3 Å². The van der Waals surface area contributed by atoms with E-state index >= 15 is 0 Å². The third kappa shape index (κ3) is 3.05. The molecule has 0 saturated carbocycles. The minimum atomic E-state index is 0.422. The van der Waals surface area contributed by atoms with Gasteiger partial charge in [0.15, 0.2) is 0 Å². The number of nitrogens with one attached hydrogen (secondary N) is 1. The van der Waals surface area contributed by atoms with Crippen LogP contribution in [0.15, 0.2) is 31.0 Å². The van der Waals surface area contributed by atoms with E-state index in [0.717, 1.165) is 24.1 Å². The molecule has 3 rings (SSSR count). The predicted octanol–water partition coefficient (Wildman–Crippen LogP) is 2.32. The number of aromatic nitrogens is 3. The van der Waals surface area contributed by atoms with Gasteiger partial charge < -0.3 is 10.1 Å². The first-order valence-corrected chi connectivity index (χ1v) is 6.98. The Morgan fingerprint density at radius 3 is 2.90 bits per heavy atom. The zero-order valence-corrected chi connectivity index (χ0v) is 11.7. The summed E-state index contributed by atoms with van der Waals surface area (Å²) in [5, 5.41) is 3.82. The van der Waals surface area contributed by atoms with Crippen LogP contribution in [-0.2, 0) is 0 Å². The number of hydrogen-bond donors (Lipinski definition) is 1. The van der Waals surface area contributed by atoms with Gasteiger partial charge in [0, 0.05) is 29.6 Å². The van der Waals surface area contributed by atoms with Crippen LogP contribution >= 0.6 is 11.6 Å². The van der Waals surface area contributed by atoms with Gasteiger partial charge in [-0.15, -0.1) is 0 Å². The van der Waals surface area contributed by atoms with E-state index in [4.69, 9.17) is 16.3 Å². The zero-order chi connectivity index (χ0) is 13.8.